The number of piperidine rings is 1. The van der Waals surface area contributed by atoms with Gasteiger partial charge < -0.3 is 14.1 Å². The molecule has 0 N–H and O–H groups in total. The van der Waals surface area contributed by atoms with Crippen molar-refractivity contribution in [2.75, 3.05) is 13.1 Å². The Balaban J connectivity index is 1.70. The highest BCUT2D eigenvalue weighted by Gasteiger charge is 2.25. The molecule has 4 rings (SSSR count). The van der Waals surface area contributed by atoms with Crippen molar-refractivity contribution >= 4 is 28.5 Å². The van der Waals surface area contributed by atoms with Crippen LogP contribution < -0.4 is 10.4 Å². The number of carbonyl (C=O) groups is 1. The number of ether oxygens (including phenoxy) is 1. The van der Waals surface area contributed by atoms with E-state index in [1.165, 1.54) is 24.3 Å². The molecule has 162 valence electrons. The van der Waals surface area contributed by atoms with Crippen LogP contribution in [0, 0.1) is 11.6 Å². The van der Waals surface area contributed by atoms with E-state index in [0.717, 1.165) is 31.4 Å². The minimum atomic E-state index is -0.897. The summed E-state index contributed by atoms with van der Waals surface area (Å²) in [6, 6.07) is 7.29. The van der Waals surface area contributed by atoms with Crippen LogP contribution in [0.15, 0.2) is 45.6 Å². The van der Waals surface area contributed by atoms with Crippen LogP contribution in [0.1, 0.15) is 26.2 Å². The van der Waals surface area contributed by atoms with Gasteiger partial charge in [0.25, 0.3) is 5.91 Å². The summed E-state index contributed by atoms with van der Waals surface area (Å²) in [5.74, 6) is -1.67. The van der Waals surface area contributed by atoms with Crippen LogP contribution in [-0.4, -0.2) is 30.0 Å². The van der Waals surface area contributed by atoms with Gasteiger partial charge in [-0.05, 0) is 50.5 Å². The first kappa shape index (κ1) is 21.3. The van der Waals surface area contributed by atoms with E-state index in [0.29, 0.717) is 24.2 Å². The van der Waals surface area contributed by atoms with E-state index in [9.17, 15) is 18.4 Å². The van der Waals surface area contributed by atoms with E-state index in [2.05, 4.69) is 0 Å². The topological polar surface area (TPSA) is 59.8 Å². The molecule has 0 bridgehead atoms. The Labute approximate surface area is 182 Å². The summed E-state index contributed by atoms with van der Waals surface area (Å²) >= 11 is 6.13. The normalized spacial score (nSPS) is 15.2. The molecule has 1 aromatic heterocycles. The summed E-state index contributed by atoms with van der Waals surface area (Å²) in [5.41, 5.74) is 0.0524. The van der Waals surface area contributed by atoms with Crippen LogP contribution in [0.25, 0.3) is 22.1 Å². The molecular weight excluding hydrogens is 428 g/mol. The fourth-order valence-electron chi connectivity index (χ4n) is 3.80. The number of hydrogen-bond donors (Lipinski definition) is 0. The molecule has 3 aromatic rings. The maximum atomic E-state index is 14.9. The van der Waals surface area contributed by atoms with E-state index < -0.39 is 23.4 Å². The maximum Gasteiger partial charge on any atom is 0.336 e. The molecule has 2 heterocycles. The molecule has 1 amide bonds. The predicted molar refractivity (Wildman–Crippen MR) is 113 cm³/mol. The van der Waals surface area contributed by atoms with Gasteiger partial charge in [0.05, 0.1) is 5.02 Å². The first-order chi connectivity index (χ1) is 14.8. The monoisotopic (exact) mass is 447 g/mol. The van der Waals surface area contributed by atoms with Crippen molar-refractivity contribution in [2.45, 2.75) is 32.3 Å². The van der Waals surface area contributed by atoms with Crippen molar-refractivity contribution in [3.63, 3.8) is 0 Å². The van der Waals surface area contributed by atoms with Crippen LogP contribution in [0.2, 0.25) is 5.02 Å². The van der Waals surface area contributed by atoms with Crippen molar-refractivity contribution < 1.29 is 22.7 Å². The van der Waals surface area contributed by atoms with Crippen molar-refractivity contribution in [1.29, 1.82) is 0 Å². The molecule has 1 aliphatic rings. The average molecular weight is 448 g/mol. The van der Waals surface area contributed by atoms with Crippen LogP contribution >= 0.6 is 11.6 Å². The molecule has 0 unspecified atom stereocenters. The van der Waals surface area contributed by atoms with Gasteiger partial charge in [0.1, 0.15) is 11.4 Å². The summed E-state index contributed by atoms with van der Waals surface area (Å²) in [7, 11) is 0. The number of hydrogen-bond acceptors (Lipinski definition) is 4. The van der Waals surface area contributed by atoms with Crippen molar-refractivity contribution in [3.8, 4) is 16.9 Å². The van der Waals surface area contributed by atoms with Crippen LogP contribution in [0.5, 0.6) is 5.75 Å². The molecule has 2 aromatic carbocycles. The fraction of sp³-hybridized carbons (Fsp3) is 0.304. The van der Waals surface area contributed by atoms with Gasteiger partial charge in [-0.3, -0.25) is 4.79 Å². The lowest BCUT2D eigenvalue weighted by molar-refractivity contribution is -0.138. The van der Waals surface area contributed by atoms with Crippen LogP contribution in [0.4, 0.5) is 8.78 Å². The van der Waals surface area contributed by atoms with Crippen molar-refractivity contribution in [2.24, 2.45) is 0 Å². The summed E-state index contributed by atoms with van der Waals surface area (Å²) in [5, 5.41) is 0.348. The van der Waals surface area contributed by atoms with Gasteiger partial charge >= 0.3 is 5.63 Å². The molecule has 1 fully saturated rings. The Morgan fingerprint density at radius 1 is 1.10 bits per heavy atom. The number of rotatable bonds is 4. The van der Waals surface area contributed by atoms with E-state index in [4.69, 9.17) is 20.8 Å². The third-order valence-electron chi connectivity index (χ3n) is 5.34. The highest BCUT2D eigenvalue weighted by atomic mass is 35.5. The van der Waals surface area contributed by atoms with Gasteiger partial charge in [-0.1, -0.05) is 11.6 Å². The lowest BCUT2D eigenvalue weighted by atomic mass is 10.0. The SMILES string of the molecule is C[C@@H](Oc1cc2oc(=O)cc(-c3ccc(F)cc3Cl)c2cc1F)C(=O)N1CCCCC1. The predicted octanol–water partition coefficient (Wildman–Crippen LogP) is 5.17. The van der Waals surface area contributed by atoms with Gasteiger partial charge in [-0.25, -0.2) is 13.6 Å². The largest absolute Gasteiger partial charge is 0.478 e. The fourth-order valence-corrected chi connectivity index (χ4v) is 4.07. The Morgan fingerprint density at radius 3 is 2.55 bits per heavy atom. The Bertz CT molecular complexity index is 1200. The van der Waals surface area contributed by atoms with Gasteiger partial charge in [0, 0.05) is 41.7 Å². The van der Waals surface area contributed by atoms with E-state index >= 15 is 0 Å². The number of halogens is 3. The van der Waals surface area contributed by atoms with Crippen LogP contribution in [-0.2, 0) is 4.79 Å². The Hall–Kier alpha value is -2.93. The van der Waals surface area contributed by atoms with E-state index in [1.807, 2.05) is 0 Å². The van der Waals surface area contributed by atoms with Gasteiger partial charge in [0.15, 0.2) is 17.7 Å². The third kappa shape index (κ3) is 4.42. The highest BCUT2D eigenvalue weighted by molar-refractivity contribution is 6.33. The minimum Gasteiger partial charge on any atom is -0.478 e. The van der Waals surface area contributed by atoms with E-state index in [1.54, 1.807) is 11.8 Å². The van der Waals surface area contributed by atoms with Gasteiger partial charge in [0.2, 0.25) is 0 Å². The summed E-state index contributed by atoms with van der Waals surface area (Å²) < 4.78 is 39.1. The van der Waals surface area contributed by atoms with Gasteiger partial charge in [-0.2, -0.15) is 0 Å². The third-order valence-corrected chi connectivity index (χ3v) is 5.65. The van der Waals surface area contributed by atoms with Gasteiger partial charge in [-0.15, -0.1) is 0 Å². The van der Waals surface area contributed by atoms with Crippen molar-refractivity contribution in [1.82, 2.24) is 4.90 Å². The molecule has 31 heavy (non-hydrogen) atoms. The second-order valence-electron chi connectivity index (χ2n) is 7.53. The quantitative estimate of drug-likeness (QED) is 0.517. The molecule has 1 atom stereocenters. The molecule has 0 saturated carbocycles. The minimum absolute atomic E-state index is 0.0666. The molecule has 1 aliphatic heterocycles. The standard InChI is InChI=1S/C23H20ClF2NO4/c1-13(23(29)27-7-3-2-4-8-27)30-21-12-20-17(10-19(21)26)16(11-22(28)31-20)15-6-5-14(25)9-18(15)24/h5-6,9-13H,2-4,7-8H2,1H3/t13-/m1/s1. The second kappa shape index (κ2) is 8.67. The first-order valence-corrected chi connectivity index (χ1v) is 10.4. The average Bonchev–Trinajstić information content (AvgIpc) is 2.74. The lowest BCUT2D eigenvalue weighted by Gasteiger charge is -2.29. The zero-order valence-corrected chi connectivity index (χ0v) is 17.5. The number of nitrogens with zero attached hydrogens (tertiary/aromatic N) is 1. The molecule has 5 nitrogen and oxygen atoms in total. The smallest absolute Gasteiger partial charge is 0.336 e. The second-order valence-corrected chi connectivity index (χ2v) is 7.94. The first-order valence-electron chi connectivity index (χ1n) is 10.0. The zero-order valence-electron chi connectivity index (χ0n) is 16.8. The molecule has 8 heteroatoms. The highest BCUT2D eigenvalue weighted by Crippen LogP contribution is 2.35. The molecule has 0 aliphatic carbocycles. The maximum absolute atomic E-state index is 14.9. The number of benzene rings is 2. The van der Waals surface area contributed by atoms with Crippen LogP contribution in [0.3, 0.4) is 0 Å². The summed E-state index contributed by atoms with van der Waals surface area (Å²) in [4.78, 5) is 26.4. The Kier molecular flexibility index (Phi) is 5.96. The molecular formula is C23H20ClF2NO4. The summed E-state index contributed by atoms with van der Waals surface area (Å²) in [6.45, 7) is 2.87. The number of amides is 1. The number of fused-ring (bicyclic) bond motifs is 1. The Morgan fingerprint density at radius 2 is 1.84 bits per heavy atom. The molecule has 0 spiro atoms. The lowest BCUT2D eigenvalue weighted by Crippen LogP contribution is -2.43. The zero-order chi connectivity index (χ0) is 22.1. The summed E-state index contributed by atoms with van der Waals surface area (Å²) in [6.07, 6.45) is 2.05. The molecule has 1 saturated heterocycles. The molecule has 0 radical (unpaired) electrons. The van der Waals surface area contributed by atoms with Crippen molar-refractivity contribution in [3.05, 3.63) is 63.5 Å². The van der Waals surface area contributed by atoms with E-state index in [-0.39, 0.29) is 27.6 Å². The number of likely N-dealkylation sites (tertiary alicyclic amines) is 1. The number of carbonyl (C=O) groups excluding carboxylic acids is 1.